The fourth-order valence-electron chi connectivity index (χ4n) is 3.44. The average Bonchev–Trinajstić information content (AvgIpc) is 3.09. The van der Waals surface area contributed by atoms with Gasteiger partial charge in [-0.3, -0.25) is 9.80 Å². The zero-order valence-electron chi connectivity index (χ0n) is 10.9. The maximum Gasteiger partial charge on any atom is 0.0471 e. The monoisotopic (exact) mass is 255 g/mol. The molecule has 0 bridgehead atoms. The van der Waals surface area contributed by atoms with Gasteiger partial charge in [0.15, 0.2) is 0 Å². The normalized spacial score (nSPS) is 40.9. The van der Waals surface area contributed by atoms with Gasteiger partial charge in [0.05, 0.1) is 0 Å². The summed E-state index contributed by atoms with van der Waals surface area (Å²) in [6.07, 6.45) is 4.14. The molecule has 4 heteroatoms. The van der Waals surface area contributed by atoms with Gasteiger partial charge in [0, 0.05) is 55.3 Å². The summed E-state index contributed by atoms with van der Waals surface area (Å²) in [5, 5.41) is 0.780. The summed E-state index contributed by atoms with van der Waals surface area (Å²) in [6, 6.07) is 0.903. The first-order valence-electron chi connectivity index (χ1n) is 7.04. The van der Waals surface area contributed by atoms with Gasteiger partial charge in [-0.2, -0.15) is 11.8 Å². The fraction of sp³-hybridized carbons (Fsp3) is 1.00. The van der Waals surface area contributed by atoms with Crippen LogP contribution in [0, 0.1) is 0 Å². The largest absolute Gasteiger partial charge is 0.329 e. The van der Waals surface area contributed by atoms with Crippen molar-refractivity contribution in [2.75, 3.05) is 38.5 Å². The van der Waals surface area contributed by atoms with Crippen molar-refractivity contribution in [3.63, 3.8) is 0 Å². The molecule has 2 atom stereocenters. The zero-order valence-corrected chi connectivity index (χ0v) is 11.7. The Bertz CT molecular complexity index is 282. The van der Waals surface area contributed by atoms with Gasteiger partial charge in [0.25, 0.3) is 0 Å². The predicted molar refractivity (Wildman–Crippen MR) is 74.5 cm³/mol. The summed E-state index contributed by atoms with van der Waals surface area (Å²) in [4.78, 5) is 5.40. The Balaban J connectivity index is 1.68. The molecule has 17 heavy (non-hydrogen) atoms. The smallest absolute Gasteiger partial charge is 0.0471 e. The highest BCUT2D eigenvalue weighted by Gasteiger charge is 2.46. The third kappa shape index (κ3) is 2.37. The fourth-order valence-corrected chi connectivity index (χ4v) is 4.46. The lowest BCUT2D eigenvalue weighted by atomic mass is 9.95. The van der Waals surface area contributed by atoms with Crippen LogP contribution in [-0.2, 0) is 0 Å². The van der Waals surface area contributed by atoms with E-state index in [9.17, 15) is 0 Å². The second-order valence-corrected chi connectivity index (χ2v) is 7.55. The van der Waals surface area contributed by atoms with Crippen molar-refractivity contribution in [2.45, 2.75) is 43.0 Å². The highest BCUT2D eigenvalue weighted by atomic mass is 32.2. The number of hydrogen-bond acceptors (Lipinski definition) is 4. The second-order valence-electron chi connectivity index (χ2n) is 6.01. The van der Waals surface area contributed by atoms with Gasteiger partial charge >= 0.3 is 0 Å². The highest BCUT2D eigenvalue weighted by molar-refractivity contribution is 7.99. The zero-order chi connectivity index (χ0) is 11.9. The van der Waals surface area contributed by atoms with E-state index in [1.165, 1.54) is 51.2 Å². The summed E-state index contributed by atoms with van der Waals surface area (Å²) in [5.74, 6) is 1.28. The van der Waals surface area contributed by atoms with Crippen molar-refractivity contribution in [2.24, 2.45) is 5.73 Å². The van der Waals surface area contributed by atoms with Crippen molar-refractivity contribution in [3.8, 4) is 0 Å². The molecule has 2 aliphatic heterocycles. The SMILES string of the molecule is CC1CN(C2(CN)CCN(C3CC3)C2)CCS1. The summed E-state index contributed by atoms with van der Waals surface area (Å²) in [5.41, 5.74) is 6.46. The molecule has 3 rings (SSSR count). The summed E-state index contributed by atoms with van der Waals surface area (Å²) in [7, 11) is 0. The van der Waals surface area contributed by atoms with Crippen molar-refractivity contribution in [1.29, 1.82) is 0 Å². The van der Waals surface area contributed by atoms with Crippen molar-refractivity contribution < 1.29 is 0 Å². The lowest BCUT2D eigenvalue weighted by Gasteiger charge is -2.44. The first-order valence-corrected chi connectivity index (χ1v) is 8.09. The maximum atomic E-state index is 6.15. The van der Waals surface area contributed by atoms with Crippen LogP contribution in [0.3, 0.4) is 0 Å². The minimum atomic E-state index is 0.303. The highest BCUT2D eigenvalue weighted by Crippen LogP contribution is 2.37. The number of hydrogen-bond donors (Lipinski definition) is 1. The van der Waals surface area contributed by atoms with Crippen molar-refractivity contribution in [3.05, 3.63) is 0 Å². The molecule has 2 unspecified atom stereocenters. The van der Waals surface area contributed by atoms with E-state index in [1.807, 2.05) is 0 Å². The third-order valence-electron chi connectivity index (χ3n) is 4.72. The first kappa shape index (κ1) is 12.3. The van der Waals surface area contributed by atoms with Crippen LogP contribution in [0.5, 0.6) is 0 Å². The van der Waals surface area contributed by atoms with Crippen molar-refractivity contribution >= 4 is 11.8 Å². The van der Waals surface area contributed by atoms with Crippen LogP contribution in [0.15, 0.2) is 0 Å². The molecule has 1 saturated carbocycles. The molecule has 2 heterocycles. The molecule has 0 aromatic rings. The van der Waals surface area contributed by atoms with Crippen LogP contribution < -0.4 is 5.73 Å². The Morgan fingerprint density at radius 2 is 2.18 bits per heavy atom. The van der Waals surface area contributed by atoms with Crippen LogP contribution in [0.2, 0.25) is 0 Å². The molecule has 0 aromatic heterocycles. The molecular weight excluding hydrogens is 230 g/mol. The minimum absolute atomic E-state index is 0.303. The minimum Gasteiger partial charge on any atom is -0.329 e. The number of thioether (sulfide) groups is 1. The van der Waals surface area contributed by atoms with Crippen LogP contribution in [0.25, 0.3) is 0 Å². The van der Waals surface area contributed by atoms with E-state index in [0.717, 1.165) is 17.8 Å². The lowest BCUT2D eigenvalue weighted by molar-refractivity contribution is 0.103. The van der Waals surface area contributed by atoms with E-state index in [-0.39, 0.29) is 0 Å². The van der Waals surface area contributed by atoms with Gasteiger partial charge in [0.2, 0.25) is 0 Å². The summed E-state index contributed by atoms with van der Waals surface area (Å²) < 4.78 is 0. The molecule has 0 spiro atoms. The summed E-state index contributed by atoms with van der Waals surface area (Å²) >= 11 is 2.11. The Morgan fingerprint density at radius 3 is 2.82 bits per heavy atom. The number of rotatable bonds is 3. The molecule has 1 aliphatic carbocycles. The predicted octanol–water partition coefficient (Wildman–Crippen LogP) is 0.989. The topological polar surface area (TPSA) is 32.5 Å². The molecule has 98 valence electrons. The Morgan fingerprint density at radius 1 is 1.35 bits per heavy atom. The van der Waals surface area contributed by atoms with Gasteiger partial charge in [-0.25, -0.2) is 0 Å². The maximum absolute atomic E-state index is 6.15. The average molecular weight is 255 g/mol. The van der Waals surface area contributed by atoms with E-state index in [2.05, 4.69) is 28.5 Å². The van der Waals surface area contributed by atoms with Crippen LogP contribution in [-0.4, -0.2) is 65.1 Å². The number of likely N-dealkylation sites (tertiary alicyclic amines) is 1. The van der Waals surface area contributed by atoms with E-state index in [0.29, 0.717) is 5.54 Å². The molecule has 3 aliphatic rings. The quantitative estimate of drug-likeness (QED) is 0.815. The molecule has 2 N–H and O–H groups in total. The van der Waals surface area contributed by atoms with Crippen molar-refractivity contribution in [1.82, 2.24) is 9.80 Å². The van der Waals surface area contributed by atoms with Crippen LogP contribution >= 0.6 is 11.8 Å². The summed E-state index contributed by atoms with van der Waals surface area (Å²) in [6.45, 7) is 8.18. The van der Waals surface area contributed by atoms with Gasteiger partial charge in [-0.1, -0.05) is 6.92 Å². The number of nitrogens with zero attached hydrogens (tertiary/aromatic N) is 2. The van der Waals surface area contributed by atoms with E-state index in [1.54, 1.807) is 0 Å². The van der Waals surface area contributed by atoms with E-state index >= 15 is 0 Å². The first-order chi connectivity index (χ1) is 8.23. The lowest BCUT2D eigenvalue weighted by Crippen LogP contribution is -2.59. The molecule has 0 radical (unpaired) electrons. The van der Waals surface area contributed by atoms with E-state index < -0.39 is 0 Å². The Kier molecular flexibility index (Phi) is 3.41. The molecule has 0 amide bonds. The van der Waals surface area contributed by atoms with Crippen LogP contribution in [0.4, 0.5) is 0 Å². The van der Waals surface area contributed by atoms with E-state index in [4.69, 9.17) is 5.73 Å². The van der Waals surface area contributed by atoms with Gasteiger partial charge in [0.1, 0.15) is 0 Å². The Labute approximate surface area is 109 Å². The van der Waals surface area contributed by atoms with Crippen LogP contribution in [0.1, 0.15) is 26.2 Å². The molecule has 3 nitrogen and oxygen atoms in total. The molecule has 3 fully saturated rings. The van der Waals surface area contributed by atoms with Gasteiger partial charge < -0.3 is 5.73 Å². The molecular formula is C13H25N3S. The Hall–Kier alpha value is 0.230. The third-order valence-corrected chi connectivity index (χ3v) is 5.85. The van der Waals surface area contributed by atoms with Gasteiger partial charge in [-0.15, -0.1) is 0 Å². The molecule has 0 aromatic carbocycles. The van der Waals surface area contributed by atoms with Gasteiger partial charge in [-0.05, 0) is 19.3 Å². The number of nitrogens with two attached hydrogens (primary N) is 1. The second kappa shape index (κ2) is 4.72. The molecule has 2 saturated heterocycles. The standard InChI is InChI=1S/C13H25N3S/c1-11-8-16(6-7-17-11)13(9-14)4-5-15(10-13)12-2-3-12/h11-12H,2-10,14H2,1H3.